The standard InChI is InChI=1S/C17H24ClNO2/c1-3-15(13-6-8-14(18)9-7-13)19-11-5-10-17(4-2,12-19)16(20)21/h6-9,15H,3-5,10-12H2,1-2H3,(H,20,21). The van der Waals surface area contributed by atoms with Crippen molar-refractivity contribution in [1.29, 1.82) is 0 Å². The molecule has 0 spiro atoms. The Balaban J connectivity index is 2.22. The first kappa shape index (κ1) is 16.3. The molecule has 0 amide bonds. The maximum absolute atomic E-state index is 11.7. The average molecular weight is 310 g/mol. The number of carboxylic acid groups (broad SMARTS) is 1. The summed E-state index contributed by atoms with van der Waals surface area (Å²) in [4.78, 5) is 14.0. The molecule has 2 rings (SSSR count). The molecule has 0 aliphatic carbocycles. The number of carbonyl (C=O) groups is 1. The smallest absolute Gasteiger partial charge is 0.310 e. The fourth-order valence-corrected chi connectivity index (χ4v) is 3.56. The van der Waals surface area contributed by atoms with E-state index in [0.717, 1.165) is 30.8 Å². The predicted molar refractivity (Wildman–Crippen MR) is 85.7 cm³/mol. The van der Waals surface area contributed by atoms with Crippen LogP contribution < -0.4 is 0 Å². The van der Waals surface area contributed by atoms with Gasteiger partial charge in [-0.2, -0.15) is 0 Å². The van der Waals surface area contributed by atoms with Crippen molar-refractivity contribution in [3.63, 3.8) is 0 Å². The van der Waals surface area contributed by atoms with Crippen LogP contribution in [0.15, 0.2) is 24.3 Å². The molecule has 0 aromatic heterocycles. The minimum atomic E-state index is -0.652. The molecule has 4 heteroatoms. The van der Waals surface area contributed by atoms with Crippen molar-refractivity contribution in [3.05, 3.63) is 34.9 Å². The van der Waals surface area contributed by atoms with E-state index >= 15 is 0 Å². The first-order valence-electron chi connectivity index (χ1n) is 7.75. The molecule has 1 aliphatic heterocycles. The number of carboxylic acids is 1. The fourth-order valence-electron chi connectivity index (χ4n) is 3.44. The molecular formula is C17H24ClNO2. The number of aliphatic carboxylic acids is 1. The van der Waals surface area contributed by atoms with Gasteiger partial charge in [0.05, 0.1) is 5.41 Å². The second kappa shape index (κ2) is 6.80. The molecule has 0 radical (unpaired) electrons. The molecule has 2 atom stereocenters. The molecule has 1 heterocycles. The van der Waals surface area contributed by atoms with E-state index < -0.39 is 11.4 Å². The van der Waals surface area contributed by atoms with E-state index in [-0.39, 0.29) is 6.04 Å². The van der Waals surface area contributed by atoms with Gasteiger partial charge in [-0.25, -0.2) is 0 Å². The van der Waals surface area contributed by atoms with Crippen LogP contribution in [0.5, 0.6) is 0 Å². The SMILES string of the molecule is CCC(c1ccc(Cl)cc1)N1CCCC(CC)(C(=O)O)C1. The van der Waals surface area contributed by atoms with Gasteiger partial charge in [-0.05, 0) is 49.9 Å². The number of hydrogen-bond acceptors (Lipinski definition) is 2. The van der Waals surface area contributed by atoms with Crippen molar-refractivity contribution in [2.24, 2.45) is 5.41 Å². The summed E-state index contributed by atoms with van der Waals surface area (Å²) in [5.41, 5.74) is 0.636. The quantitative estimate of drug-likeness (QED) is 0.878. The molecule has 1 N–H and O–H groups in total. The number of halogens is 1. The summed E-state index contributed by atoms with van der Waals surface area (Å²) >= 11 is 5.96. The van der Waals surface area contributed by atoms with Crippen LogP contribution in [-0.4, -0.2) is 29.1 Å². The Hall–Kier alpha value is -1.06. The van der Waals surface area contributed by atoms with Gasteiger partial charge in [0, 0.05) is 17.6 Å². The van der Waals surface area contributed by atoms with E-state index in [1.165, 1.54) is 5.56 Å². The van der Waals surface area contributed by atoms with Gasteiger partial charge in [0.2, 0.25) is 0 Å². The molecule has 1 fully saturated rings. The Morgan fingerprint density at radius 2 is 2.05 bits per heavy atom. The maximum atomic E-state index is 11.7. The molecule has 1 aromatic rings. The maximum Gasteiger partial charge on any atom is 0.310 e. The highest BCUT2D eigenvalue weighted by molar-refractivity contribution is 6.30. The molecule has 0 saturated carbocycles. The van der Waals surface area contributed by atoms with Gasteiger partial charge in [0.1, 0.15) is 0 Å². The summed E-state index contributed by atoms with van der Waals surface area (Å²) in [7, 11) is 0. The first-order chi connectivity index (χ1) is 10.0. The highest BCUT2D eigenvalue weighted by atomic mass is 35.5. The topological polar surface area (TPSA) is 40.5 Å². The normalized spacial score (nSPS) is 24.7. The Kier molecular flexibility index (Phi) is 5.28. The summed E-state index contributed by atoms with van der Waals surface area (Å²) in [6, 6.07) is 8.20. The number of likely N-dealkylation sites (tertiary alicyclic amines) is 1. The average Bonchev–Trinajstić information content (AvgIpc) is 2.50. The largest absolute Gasteiger partial charge is 0.481 e. The molecule has 21 heavy (non-hydrogen) atoms. The van der Waals surface area contributed by atoms with Gasteiger partial charge >= 0.3 is 5.97 Å². The van der Waals surface area contributed by atoms with Gasteiger partial charge in [-0.1, -0.05) is 37.6 Å². The molecule has 116 valence electrons. The molecule has 1 saturated heterocycles. The zero-order chi connectivity index (χ0) is 15.5. The van der Waals surface area contributed by atoms with Crippen LogP contribution in [0.1, 0.15) is 51.1 Å². The summed E-state index contributed by atoms with van der Waals surface area (Å²) in [5.74, 6) is -0.652. The third kappa shape index (κ3) is 3.41. The monoisotopic (exact) mass is 309 g/mol. The molecule has 0 bridgehead atoms. The number of hydrogen-bond donors (Lipinski definition) is 1. The van der Waals surface area contributed by atoms with Crippen molar-refractivity contribution in [1.82, 2.24) is 4.90 Å². The Morgan fingerprint density at radius 1 is 1.38 bits per heavy atom. The second-order valence-corrected chi connectivity index (χ2v) is 6.43. The highest BCUT2D eigenvalue weighted by Crippen LogP contribution is 2.38. The van der Waals surface area contributed by atoms with E-state index in [1.807, 2.05) is 19.1 Å². The lowest BCUT2D eigenvalue weighted by Crippen LogP contribution is -2.48. The van der Waals surface area contributed by atoms with Crippen molar-refractivity contribution >= 4 is 17.6 Å². The highest BCUT2D eigenvalue weighted by Gasteiger charge is 2.42. The minimum absolute atomic E-state index is 0.271. The molecule has 1 aliphatic rings. The lowest BCUT2D eigenvalue weighted by atomic mass is 9.77. The van der Waals surface area contributed by atoms with Crippen molar-refractivity contribution in [3.8, 4) is 0 Å². The molecule has 1 aromatic carbocycles. The molecule has 3 nitrogen and oxygen atoms in total. The van der Waals surface area contributed by atoms with Crippen LogP contribution in [0.2, 0.25) is 5.02 Å². The first-order valence-corrected chi connectivity index (χ1v) is 8.13. The summed E-state index contributed by atoms with van der Waals surface area (Å²) in [6.45, 7) is 5.75. The Morgan fingerprint density at radius 3 is 2.57 bits per heavy atom. The Bertz CT molecular complexity index is 488. The van der Waals surface area contributed by atoms with Crippen LogP contribution in [0.3, 0.4) is 0 Å². The summed E-state index contributed by atoms with van der Waals surface area (Å²) < 4.78 is 0. The van der Waals surface area contributed by atoms with Crippen LogP contribution in [-0.2, 0) is 4.79 Å². The van der Waals surface area contributed by atoms with E-state index in [2.05, 4.69) is 24.0 Å². The van der Waals surface area contributed by atoms with Crippen LogP contribution in [0.4, 0.5) is 0 Å². The van der Waals surface area contributed by atoms with Gasteiger partial charge in [-0.3, -0.25) is 9.69 Å². The van der Waals surface area contributed by atoms with Gasteiger partial charge in [-0.15, -0.1) is 0 Å². The van der Waals surface area contributed by atoms with E-state index in [4.69, 9.17) is 11.6 Å². The predicted octanol–water partition coefficient (Wildman–Crippen LogP) is 4.37. The van der Waals surface area contributed by atoms with E-state index in [9.17, 15) is 9.90 Å². The molecule has 2 unspecified atom stereocenters. The second-order valence-electron chi connectivity index (χ2n) is 5.99. The van der Waals surface area contributed by atoms with E-state index in [0.29, 0.717) is 13.0 Å². The zero-order valence-corrected chi connectivity index (χ0v) is 13.6. The third-order valence-corrected chi connectivity index (χ3v) is 5.07. The number of piperidine rings is 1. The van der Waals surface area contributed by atoms with Crippen LogP contribution in [0.25, 0.3) is 0 Å². The lowest BCUT2D eigenvalue weighted by Gasteiger charge is -2.43. The Labute approximate surface area is 131 Å². The van der Waals surface area contributed by atoms with Crippen molar-refractivity contribution in [2.75, 3.05) is 13.1 Å². The van der Waals surface area contributed by atoms with E-state index in [1.54, 1.807) is 0 Å². The third-order valence-electron chi connectivity index (χ3n) is 4.82. The van der Waals surface area contributed by atoms with Gasteiger partial charge in [0.15, 0.2) is 0 Å². The van der Waals surface area contributed by atoms with Crippen molar-refractivity contribution < 1.29 is 9.90 Å². The van der Waals surface area contributed by atoms with Gasteiger partial charge < -0.3 is 5.11 Å². The van der Waals surface area contributed by atoms with Crippen LogP contribution in [0, 0.1) is 5.41 Å². The molecular weight excluding hydrogens is 286 g/mol. The van der Waals surface area contributed by atoms with Crippen molar-refractivity contribution in [2.45, 2.75) is 45.6 Å². The summed E-state index contributed by atoms with van der Waals surface area (Å²) in [6.07, 6.45) is 3.40. The lowest BCUT2D eigenvalue weighted by molar-refractivity contribution is -0.153. The number of benzene rings is 1. The zero-order valence-electron chi connectivity index (χ0n) is 12.8. The number of rotatable bonds is 5. The number of nitrogens with zero attached hydrogens (tertiary/aromatic N) is 1. The minimum Gasteiger partial charge on any atom is -0.481 e. The van der Waals surface area contributed by atoms with Gasteiger partial charge in [0.25, 0.3) is 0 Å². The fraction of sp³-hybridized carbons (Fsp3) is 0.588. The van der Waals surface area contributed by atoms with Crippen LogP contribution >= 0.6 is 11.6 Å². The summed E-state index contributed by atoms with van der Waals surface area (Å²) in [5, 5.41) is 10.4.